The Morgan fingerprint density at radius 1 is 1.09 bits per heavy atom. The van der Waals surface area contributed by atoms with E-state index in [9.17, 15) is 5.11 Å². The van der Waals surface area contributed by atoms with Crippen LogP contribution in [0.25, 0.3) is 0 Å². The molecule has 32 heavy (non-hydrogen) atoms. The van der Waals surface area contributed by atoms with Gasteiger partial charge in [-0.2, -0.15) is 0 Å². The third kappa shape index (κ3) is 8.17. The lowest BCUT2D eigenvalue weighted by atomic mass is 9.79. The Bertz CT molecular complexity index is 668. The fourth-order valence-electron chi connectivity index (χ4n) is 4.16. The van der Waals surface area contributed by atoms with E-state index in [0.29, 0.717) is 6.04 Å². The molecular weight excluding hydrogens is 519 g/mol. The molecule has 1 fully saturated rings. The summed E-state index contributed by atoms with van der Waals surface area (Å²) < 4.78 is 10.8. The molecule has 0 saturated carbocycles. The molecule has 0 radical (unpaired) electrons. The number of nitrogens with one attached hydrogen (secondary N) is 2. The number of guanidine groups is 1. The van der Waals surface area contributed by atoms with Gasteiger partial charge in [0.05, 0.1) is 14.2 Å². The Morgan fingerprint density at radius 3 is 2.16 bits per heavy atom. The molecule has 0 atom stereocenters. The Balaban J connectivity index is 0.00000512. The SMILES string of the molecule is CCNC(=NCC(CC)(CC)CCO)NC1CCN(c2cc(OC)cc(OC)c2)CC1.I. The first kappa shape index (κ1) is 28.6. The zero-order valence-corrected chi connectivity index (χ0v) is 22.8. The fourth-order valence-corrected chi connectivity index (χ4v) is 4.16. The number of nitrogens with zero attached hydrogens (tertiary/aromatic N) is 2. The van der Waals surface area contributed by atoms with E-state index >= 15 is 0 Å². The molecule has 184 valence electrons. The maximum Gasteiger partial charge on any atom is 0.191 e. The molecule has 1 aromatic rings. The lowest BCUT2D eigenvalue weighted by molar-refractivity contribution is 0.175. The van der Waals surface area contributed by atoms with Gasteiger partial charge in [0.15, 0.2) is 5.96 Å². The van der Waals surface area contributed by atoms with E-state index in [1.165, 1.54) is 0 Å². The van der Waals surface area contributed by atoms with Crippen LogP contribution < -0.4 is 25.0 Å². The Hall–Kier alpha value is -1.42. The lowest BCUT2D eigenvalue weighted by Gasteiger charge is -2.35. The predicted molar refractivity (Wildman–Crippen MR) is 144 cm³/mol. The summed E-state index contributed by atoms with van der Waals surface area (Å²) in [5.74, 6) is 2.51. The van der Waals surface area contributed by atoms with Crippen molar-refractivity contribution in [3.8, 4) is 11.5 Å². The maximum atomic E-state index is 9.48. The number of aliphatic hydroxyl groups is 1. The van der Waals surface area contributed by atoms with Gasteiger partial charge in [-0.25, -0.2) is 0 Å². The molecule has 1 aliphatic rings. The highest BCUT2D eigenvalue weighted by atomic mass is 127. The molecule has 0 spiro atoms. The quantitative estimate of drug-likeness (QED) is 0.215. The second-order valence-electron chi connectivity index (χ2n) is 8.35. The van der Waals surface area contributed by atoms with Crippen LogP contribution in [0.4, 0.5) is 5.69 Å². The number of benzene rings is 1. The number of aliphatic imine (C=N–C) groups is 1. The molecule has 1 saturated heterocycles. The number of hydrogen-bond acceptors (Lipinski definition) is 5. The molecule has 7 nitrogen and oxygen atoms in total. The monoisotopic (exact) mass is 562 g/mol. The molecule has 3 N–H and O–H groups in total. The molecule has 0 aliphatic carbocycles. The van der Waals surface area contributed by atoms with Crippen molar-refractivity contribution in [2.24, 2.45) is 10.4 Å². The summed E-state index contributed by atoms with van der Waals surface area (Å²) in [6.45, 7) is 10.2. The Morgan fingerprint density at radius 2 is 1.69 bits per heavy atom. The van der Waals surface area contributed by atoms with Gasteiger partial charge in [0.2, 0.25) is 0 Å². The van der Waals surface area contributed by atoms with Crippen molar-refractivity contribution in [3.05, 3.63) is 18.2 Å². The molecule has 1 aliphatic heterocycles. The summed E-state index contributed by atoms with van der Waals surface area (Å²) in [7, 11) is 3.37. The van der Waals surface area contributed by atoms with Crippen molar-refractivity contribution in [3.63, 3.8) is 0 Å². The minimum Gasteiger partial charge on any atom is -0.497 e. The zero-order chi connectivity index (χ0) is 22.7. The summed E-state index contributed by atoms with van der Waals surface area (Å²) >= 11 is 0. The van der Waals surface area contributed by atoms with Crippen LogP contribution in [0.1, 0.15) is 52.9 Å². The Kier molecular flexibility index (Phi) is 13.1. The van der Waals surface area contributed by atoms with Crippen molar-refractivity contribution in [1.82, 2.24) is 10.6 Å². The maximum absolute atomic E-state index is 9.48. The zero-order valence-electron chi connectivity index (χ0n) is 20.4. The van der Waals surface area contributed by atoms with E-state index in [4.69, 9.17) is 14.5 Å². The topological polar surface area (TPSA) is 78.4 Å². The first-order valence-corrected chi connectivity index (χ1v) is 11.7. The van der Waals surface area contributed by atoms with Gasteiger partial charge in [-0.05, 0) is 44.4 Å². The van der Waals surface area contributed by atoms with E-state index < -0.39 is 0 Å². The Labute approximate surface area is 211 Å². The summed E-state index contributed by atoms with van der Waals surface area (Å²) in [6, 6.07) is 6.42. The van der Waals surface area contributed by atoms with Crippen molar-refractivity contribution in [2.45, 2.75) is 58.9 Å². The molecular formula is C24H43IN4O3. The van der Waals surface area contributed by atoms with Crippen LogP contribution in [0.15, 0.2) is 23.2 Å². The lowest BCUT2D eigenvalue weighted by Crippen LogP contribution is -2.49. The minimum atomic E-state index is 0. The van der Waals surface area contributed by atoms with Crippen LogP contribution >= 0.6 is 24.0 Å². The van der Waals surface area contributed by atoms with Gasteiger partial charge in [0.1, 0.15) is 11.5 Å². The second-order valence-corrected chi connectivity index (χ2v) is 8.35. The highest BCUT2D eigenvalue weighted by Crippen LogP contribution is 2.31. The van der Waals surface area contributed by atoms with Gasteiger partial charge < -0.3 is 30.1 Å². The second kappa shape index (κ2) is 14.7. The van der Waals surface area contributed by atoms with Gasteiger partial charge in [-0.3, -0.25) is 4.99 Å². The van der Waals surface area contributed by atoms with Crippen molar-refractivity contribution in [2.75, 3.05) is 51.9 Å². The van der Waals surface area contributed by atoms with Crippen LogP contribution in [0.3, 0.4) is 0 Å². The fraction of sp³-hybridized carbons (Fsp3) is 0.708. The molecule has 0 aromatic heterocycles. The van der Waals surface area contributed by atoms with Crippen molar-refractivity contribution >= 4 is 35.6 Å². The molecule has 0 amide bonds. The summed E-state index contributed by atoms with van der Waals surface area (Å²) in [6.07, 6.45) is 4.91. The molecule has 8 heteroatoms. The first-order valence-electron chi connectivity index (χ1n) is 11.7. The molecule has 0 unspecified atom stereocenters. The van der Waals surface area contributed by atoms with Gasteiger partial charge in [0.25, 0.3) is 0 Å². The number of piperidine rings is 1. The number of ether oxygens (including phenoxy) is 2. The number of rotatable bonds is 11. The predicted octanol–water partition coefficient (Wildman–Crippen LogP) is 4.03. The minimum absolute atomic E-state index is 0. The van der Waals surface area contributed by atoms with Crippen molar-refractivity contribution in [1.29, 1.82) is 0 Å². The largest absolute Gasteiger partial charge is 0.497 e. The van der Waals surface area contributed by atoms with Crippen molar-refractivity contribution < 1.29 is 14.6 Å². The molecule has 1 heterocycles. The van der Waals surface area contributed by atoms with Gasteiger partial charge in [-0.1, -0.05) is 13.8 Å². The summed E-state index contributed by atoms with van der Waals surface area (Å²) in [5.41, 5.74) is 1.21. The van der Waals surface area contributed by atoms with E-state index in [-0.39, 0.29) is 36.0 Å². The van der Waals surface area contributed by atoms with E-state index in [0.717, 1.165) is 81.4 Å². The number of methoxy groups -OCH3 is 2. The standard InChI is InChI=1S/C24H42N4O3.HI/c1-6-24(7-2,11-14-29)18-26-23(25-8-3)27-19-9-12-28(13-10-19)20-15-21(30-4)17-22(16-20)31-5;/h15-17,19,29H,6-14,18H2,1-5H3,(H2,25,26,27);1H. The normalized spacial score (nSPS) is 15.2. The first-order chi connectivity index (χ1) is 15.0. The van der Waals surface area contributed by atoms with Crippen LogP contribution in [0.2, 0.25) is 0 Å². The number of hydrogen-bond donors (Lipinski definition) is 3. The number of aliphatic hydroxyl groups excluding tert-OH is 1. The van der Waals surface area contributed by atoms with E-state index in [1.807, 2.05) is 6.07 Å². The van der Waals surface area contributed by atoms with E-state index in [2.05, 4.69) is 48.4 Å². The molecule has 0 bridgehead atoms. The molecule has 1 aromatic carbocycles. The number of halogens is 1. The van der Waals surface area contributed by atoms with Gasteiger partial charge in [0, 0.05) is 62.7 Å². The highest BCUT2D eigenvalue weighted by molar-refractivity contribution is 14.0. The van der Waals surface area contributed by atoms with Crippen LogP contribution in [-0.2, 0) is 0 Å². The average molecular weight is 563 g/mol. The average Bonchev–Trinajstić information content (AvgIpc) is 2.82. The van der Waals surface area contributed by atoms with E-state index in [1.54, 1.807) is 14.2 Å². The number of anilines is 1. The van der Waals surface area contributed by atoms with Crippen LogP contribution in [0, 0.1) is 5.41 Å². The smallest absolute Gasteiger partial charge is 0.191 e. The summed E-state index contributed by atoms with van der Waals surface area (Å²) in [5, 5.41) is 16.5. The third-order valence-corrected chi connectivity index (χ3v) is 6.60. The van der Waals surface area contributed by atoms with Gasteiger partial charge >= 0.3 is 0 Å². The molecule has 2 rings (SSSR count). The highest BCUT2D eigenvalue weighted by Gasteiger charge is 2.26. The summed E-state index contributed by atoms with van der Waals surface area (Å²) in [4.78, 5) is 7.28. The van der Waals surface area contributed by atoms with Gasteiger partial charge in [-0.15, -0.1) is 24.0 Å². The third-order valence-electron chi connectivity index (χ3n) is 6.60. The van der Waals surface area contributed by atoms with Crippen LogP contribution in [0.5, 0.6) is 11.5 Å². The van der Waals surface area contributed by atoms with Crippen LogP contribution in [-0.4, -0.2) is 64.1 Å².